The molecule has 0 fully saturated rings. The average Bonchev–Trinajstić information content (AvgIpc) is 2.99. The molecule has 0 radical (unpaired) electrons. The first-order valence-electron chi connectivity index (χ1n) is 8.65. The van der Waals surface area contributed by atoms with Gasteiger partial charge in [0.1, 0.15) is 5.60 Å². The molecule has 0 saturated carbocycles. The van der Waals surface area contributed by atoms with Crippen LogP contribution in [0, 0.1) is 0 Å². The molecule has 1 aliphatic rings. The van der Waals surface area contributed by atoms with Crippen LogP contribution < -0.4 is 5.32 Å². The largest absolute Gasteiger partial charge is 0.504 e. The molecule has 0 atom stereocenters. The zero-order chi connectivity index (χ0) is 20.6. The first-order chi connectivity index (χ1) is 13.0. The van der Waals surface area contributed by atoms with Crippen molar-refractivity contribution in [1.29, 1.82) is 0 Å². The Morgan fingerprint density at radius 3 is 2.46 bits per heavy atom. The minimum Gasteiger partial charge on any atom is -0.504 e. The van der Waals surface area contributed by atoms with E-state index in [-0.39, 0.29) is 12.1 Å². The van der Waals surface area contributed by atoms with Crippen molar-refractivity contribution in [3.8, 4) is 17.2 Å². The molecule has 2 heterocycles. The van der Waals surface area contributed by atoms with Gasteiger partial charge in [-0.1, -0.05) is 0 Å². The van der Waals surface area contributed by atoms with Gasteiger partial charge in [-0.3, -0.25) is 9.89 Å². The molecule has 0 aliphatic carbocycles. The van der Waals surface area contributed by atoms with Gasteiger partial charge in [0, 0.05) is 17.7 Å². The fraction of sp³-hybridized carbons (Fsp3) is 0.389. The standard InChI is InChI=1S/C18H22N4O6/c1-18(2,3)28-17(27)22-5-4-10-11(8-22)20-21-15(10)19-16(26)9-6-12(23)14(25)13(24)7-9/h6-7,23-25H,4-5,8H2,1-3H3,(H2,19,20,21,26). The maximum Gasteiger partial charge on any atom is 0.410 e. The summed E-state index contributed by atoms with van der Waals surface area (Å²) in [5.74, 6) is -2.23. The summed E-state index contributed by atoms with van der Waals surface area (Å²) >= 11 is 0. The SMILES string of the molecule is CC(C)(C)OC(=O)N1CCc2c(NC(=O)c3cc(O)c(O)c(O)c3)n[nH]c2C1. The first kappa shape index (κ1) is 19.3. The number of benzene rings is 1. The number of nitrogens with zero attached hydrogens (tertiary/aromatic N) is 2. The molecular weight excluding hydrogens is 368 g/mol. The van der Waals surface area contributed by atoms with Crippen LogP contribution in [-0.4, -0.2) is 54.6 Å². The van der Waals surface area contributed by atoms with Gasteiger partial charge >= 0.3 is 6.09 Å². The highest BCUT2D eigenvalue weighted by atomic mass is 16.6. The summed E-state index contributed by atoms with van der Waals surface area (Å²) in [6, 6.07) is 2.07. The van der Waals surface area contributed by atoms with Crippen LogP contribution in [0.5, 0.6) is 17.2 Å². The second kappa shape index (κ2) is 6.95. The Morgan fingerprint density at radius 1 is 1.21 bits per heavy atom. The Hall–Kier alpha value is -3.43. The van der Waals surface area contributed by atoms with Gasteiger partial charge in [-0.15, -0.1) is 0 Å². The van der Waals surface area contributed by atoms with Crippen LogP contribution in [0.4, 0.5) is 10.6 Å². The highest BCUT2D eigenvalue weighted by Crippen LogP contribution is 2.35. The van der Waals surface area contributed by atoms with Crippen molar-refractivity contribution in [1.82, 2.24) is 15.1 Å². The normalized spacial score (nSPS) is 13.8. The van der Waals surface area contributed by atoms with Gasteiger partial charge in [0.25, 0.3) is 5.91 Å². The van der Waals surface area contributed by atoms with E-state index >= 15 is 0 Å². The van der Waals surface area contributed by atoms with Crippen LogP contribution in [0.1, 0.15) is 42.4 Å². The van der Waals surface area contributed by atoms with Crippen LogP contribution in [0.3, 0.4) is 0 Å². The molecule has 3 rings (SSSR count). The molecule has 0 bridgehead atoms. The Kier molecular flexibility index (Phi) is 4.80. The third-order valence-corrected chi connectivity index (χ3v) is 4.15. The van der Waals surface area contributed by atoms with E-state index in [0.717, 1.165) is 17.7 Å². The van der Waals surface area contributed by atoms with Crippen LogP contribution >= 0.6 is 0 Å². The highest BCUT2D eigenvalue weighted by molar-refractivity contribution is 6.05. The molecule has 10 nitrogen and oxygen atoms in total. The zero-order valence-electron chi connectivity index (χ0n) is 15.7. The number of phenols is 3. The molecule has 0 unspecified atom stereocenters. The molecule has 28 heavy (non-hydrogen) atoms. The fourth-order valence-corrected chi connectivity index (χ4v) is 2.82. The topological polar surface area (TPSA) is 148 Å². The van der Waals surface area contributed by atoms with Crippen molar-refractivity contribution in [3.05, 3.63) is 29.0 Å². The lowest BCUT2D eigenvalue weighted by Gasteiger charge is -2.29. The van der Waals surface area contributed by atoms with Crippen molar-refractivity contribution in [3.63, 3.8) is 0 Å². The molecule has 150 valence electrons. The van der Waals surface area contributed by atoms with Gasteiger partial charge in [-0.25, -0.2) is 4.79 Å². The Morgan fingerprint density at radius 2 is 1.86 bits per heavy atom. The quantitative estimate of drug-likeness (QED) is 0.493. The van der Waals surface area contributed by atoms with E-state index in [1.54, 1.807) is 25.7 Å². The van der Waals surface area contributed by atoms with E-state index in [1.807, 2.05) is 0 Å². The zero-order valence-corrected chi connectivity index (χ0v) is 15.7. The molecule has 10 heteroatoms. The highest BCUT2D eigenvalue weighted by Gasteiger charge is 2.29. The number of H-pyrrole nitrogens is 1. The molecule has 0 saturated heterocycles. The summed E-state index contributed by atoms with van der Waals surface area (Å²) in [5, 5.41) is 38.0. The number of hydrogen-bond acceptors (Lipinski definition) is 7. The van der Waals surface area contributed by atoms with Gasteiger partial charge in [-0.2, -0.15) is 5.10 Å². The lowest BCUT2D eigenvalue weighted by molar-refractivity contribution is 0.0221. The number of anilines is 1. The van der Waals surface area contributed by atoms with Crippen LogP contribution in [0.25, 0.3) is 0 Å². The second-order valence-corrected chi connectivity index (χ2v) is 7.50. The third kappa shape index (κ3) is 3.95. The summed E-state index contributed by atoms with van der Waals surface area (Å²) < 4.78 is 5.37. The lowest BCUT2D eigenvalue weighted by atomic mass is 10.1. The van der Waals surface area contributed by atoms with E-state index < -0.39 is 34.9 Å². The molecule has 2 aromatic rings. The molecule has 1 aromatic carbocycles. The van der Waals surface area contributed by atoms with Gasteiger partial charge in [0.2, 0.25) is 0 Å². The summed E-state index contributed by atoms with van der Waals surface area (Å²) in [4.78, 5) is 26.2. The Bertz CT molecular complexity index is 908. The number of carbonyl (C=O) groups is 2. The molecular formula is C18H22N4O6. The number of phenolic OH excluding ortho intramolecular Hbond substituents is 3. The molecule has 5 N–H and O–H groups in total. The average molecular weight is 390 g/mol. The number of hydrogen-bond donors (Lipinski definition) is 5. The summed E-state index contributed by atoms with van der Waals surface area (Å²) in [5.41, 5.74) is 0.811. The maximum absolute atomic E-state index is 12.4. The fourth-order valence-electron chi connectivity index (χ4n) is 2.82. The van der Waals surface area contributed by atoms with E-state index in [4.69, 9.17) is 4.74 Å². The third-order valence-electron chi connectivity index (χ3n) is 4.15. The predicted molar refractivity (Wildman–Crippen MR) is 98.3 cm³/mol. The van der Waals surface area contributed by atoms with Gasteiger partial charge in [-0.05, 0) is 39.3 Å². The molecule has 1 aromatic heterocycles. The van der Waals surface area contributed by atoms with E-state index in [1.165, 1.54) is 0 Å². The summed E-state index contributed by atoms with van der Waals surface area (Å²) in [6.07, 6.45) is 0.0422. The number of fused-ring (bicyclic) bond motifs is 1. The minimum absolute atomic E-state index is 0.0456. The van der Waals surface area contributed by atoms with E-state index in [2.05, 4.69) is 15.5 Å². The maximum atomic E-state index is 12.4. The number of aromatic amines is 1. The number of rotatable bonds is 2. The van der Waals surface area contributed by atoms with Gasteiger partial charge < -0.3 is 30.3 Å². The molecule has 2 amide bonds. The van der Waals surface area contributed by atoms with Crippen molar-refractivity contribution in [2.75, 3.05) is 11.9 Å². The van der Waals surface area contributed by atoms with Gasteiger partial charge in [0.05, 0.1) is 12.2 Å². The molecule has 0 spiro atoms. The van der Waals surface area contributed by atoms with Crippen LogP contribution in [-0.2, 0) is 17.7 Å². The Labute approximate surface area is 160 Å². The van der Waals surface area contributed by atoms with E-state index in [9.17, 15) is 24.9 Å². The summed E-state index contributed by atoms with van der Waals surface area (Å²) in [7, 11) is 0. The number of aromatic hydroxyl groups is 3. The van der Waals surface area contributed by atoms with Crippen molar-refractivity contribution in [2.45, 2.75) is 39.3 Å². The van der Waals surface area contributed by atoms with Crippen LogP contribution in [0.2, 0.25) is 0 Å². The van der Waals surface area contributed by atoms with Crippen molar-refractivity contribution >= 4 is 17.8 Å². The van der Waals surface area contributed by atoms with Gasteiger partial charge in [0.15, 0.2) is 23.1 Å². The smallest absolute Gasteiger partial charge is 0.410 e. The Balaban J connectivity index is 1.72. The van der Waals surface area contributed by atoms with E-state index in [0.29, 0.717) is 24.5 Å². The first-order valence-corrected chi connectivity index (χ1v) is 8.65. The number of ether oxygens (including phenoxy) is 1. The van der Waals surface area contributed by atoms with Crippen molar-refractivity contribution < 1.29 is 29.6 Å². The summed E-state index contributed by atoms with van der Waals surface area (Å²) in [6.45, 7) is 6.06. The molecule has 1 aliphatic heterocycles. The second-order valence-electron chi connectivity index (χ2n) is 7.50. The lowest BCUT2D eigenvalue weighted by Crippen LogP contribution is -2.39. The van der Waals surface area contributed by atoms with Crippen LogP contribution in [0.15, 0.2) is 12.1 Å². The number of nitrogens with one attached hydrogen (secondary N) is 2. The number of carbonyl (C=O) groups excluding carboxylic acids is 2. The minimum atomic E-state index is -0.698. The number of aromatic nitrogens is 2. The van der Waals surface area contributed by atoms with Crippen molar-refractivity contribution in [2.24, 2.45) is 0 Å². The predicted octanol–water partition coefficient (Wildman–Crippen LogP) is 2.07. The number of amides is 2. The monoisotopic (exact) mass is 390 g/mol.